The standard InChI is InChI=1S/C15H18Br2N2/c1-5-18-14-11(15(2,3)4)7-9-6-10(16)8-12(17)13(9)19-14/h6-8H,5H2,1-4H3,(H,18,19). The molecule has 1 aromatic carbocycles. The lowest BCUT2D eigenvalue weighted by Gasteiger charge is -2.23. The van der Waals surface area contributed by atoms with Crippen molar-refractivity contribution >= 4 is 48.6 Å². The molecule has 0 fully saturated rings. The fourth-order valence-corrected chi connectivity index (χ4v) is 3.43. The van der Waals surface area contributed by atoms with E-state index in [1.54, 1.807) is 0 Å². The van der Waals surface area contributed by atoms with Gasteiger partial charge in [0.05, 0.1) is 5.52 Å². The van der Waals surface area contributed by atoms with Crippen molar-refractivity contribution in [2.75, 3.05) is 11.9 Å². The zero-order valence-corrected chi connectivity index (χ0v) is 14.8. The molecule has 0 bridgehead atoms. The smallest absolute Gasteiger partial charge is 0.130 e. The van der Waals surface area contributed by atoms with E-state index in [1.807, 2.05) is 6.07 Å². The van der Waals surface area contributed by atoms with E-state index in [0.717, 1.165) is 32.2 Å². The third kappa shape index (κ3) is 3.11. The van der Waals surface area contributed by atoms with E-state index in [4.69, 9.17) is 4.98 Å². The number of halogens is 2. The number of aromatic nitrogens is 1. The lowest BCUT2D eigenvalue weighted by atomic mass is 9.86. The molecule has 0 saturated carbocycles. The van der Waals surface area contributed by atoms with Gasteiger partial charge in [-0.25, -0.2) is 4.98 Å². The number of pyridine rings is 1. The number of hydrogen-bond acceptors (Lipinski definition) is 2. The van der Waals surface area contributed by atoms with Crippen molar-refractivity contribution in [2.45, 2.75) is 33.1 Å². The Morgan fingerprint density at radius 2 is 1.84 bits per heavy atom. The molecule has 1 aromatic heterocycles. The van der Waals surface area contributed by atoms with Gasteiger partial charge in [0.1, 0.15) is 5.82 Å². The van der Waals surface area contributed by atoms with Gasteiger partial charge in [-0.3, -0.25) is 0 Å². The van der Waals surface area contributed by atoms with Crippen molar-refractivity contribution in [3.05, 3.63) is 32.7 Å². The van der Waals surface area contributed by atoms with E-state index in [0.29, 0.717) is 0 Å². The van der Waals surface area contributed by atoms with Crippen LogP contribution in [0.4, 0.5) is 5.82 Å². The summed E-state index contributed by atoms with van der Waals surface area (Å²) in [5.41, 5.74) is 2.30. The summed E-state index contributed by atoms with van der Waals surface area (Å²) in [5.74, 6) is 0.977. The van der Waals surface area contributed by atoms with E-state index in [-0.39, 0.29) is 5.41 Å². The first kappa shape index (κ1) is 14.8. The van der Waals surface area contributed by atoms with Crippen LogP contribution in [-0.2, 0) is 5.41 Å². The average Bonchev–Trinajstić information content (AvgIpc) is 2.28. The van der Waals surface area contributed by atoms with Crippen LogP contribution in [0.25, 0.3) is 10.9 Å². The highest BCUT2D eigenvalue weighted by Gasteiger charge is 2.20. The Balaban J connectivity index is 2.76. The largest absolute Gasteiger partial charge is 0.370 e. The van der Waals surface area contributed by atoms with Gasteiger partial charge in [-0.05, 0) is 46.5 Å². The number of anilines is 1. The van der Waals surface area contributed by atoms with E-state index < -0.39 is 0 Å². The van der Waals surface area contributed by atoms with Gasteiger partial charge >= 0.3 is 0 Å². The Labute approximate surface area is 131 Å². The predicted octanol–water partition coefficient (Wildman–Crippen LogP) is 5.49. The van der Waals surface area contributed by atoms with Crippen molar-refractivity contribution in [1.82, 2.24) is 4.98 Å². The number of fused-ring (bicyclic) bond motifs is 1. The van der Waals surface area contributed by atoms with Gasteiger partial charge in [0.15, 0.2) is 0 Å². The Bertz CT molecular complexity index is 616. The SMILES string of the molecule is CCNc1nc2c(Br)cc(Br)cc2cc1C(C)(C)C. The fourth-order valence-electron chi connectivity index (χ4n) is 2.08. The molecule has 1 heterocycles. The molecule has 0 saturated heterocycles. The van der Waals surface area contributed by atoms with Gasteiger partial charge in [-0.2, -0.15) is 0 Å². The molecular formula is C15H18Br2N2. The Kier molecular flexibility index (Phi) is 4.21. The third-order valence-electron chi connectivity index (χ3n) is 2.99. The first-order valence-corrected chi connectivity index (χ1v) is 7.95. The predicted molar refractivity (Wildman–Crippen MR) is 90.0 cm³/mol. The molecule has 2 rings (SSSR count). The minimum atomic E-state index is 0.0630. The van der Waals surface area contributed by atoms with Crippen LogP contribution in [0.15, 0.2) is 27.1 Å². The molecule has 19 heavy (non-hydrogen) atoms. The molecule has 0 aliphatic heterocycles. The number of rotatable bonds is 2. The topological polar surface area (TPSA) is 24.9 Å². The van der Waals surface area contributed by atoms with Crippen molar-refractivity contribution in [3.63, 3.8) is 0 Å². The summed E-state index contributed by atoms with van der Waals surface area (Å²) in [7, 11) is 0. The van der Waals surface area contributed by atoms with Crippen LogP contribution in [0.5, 0.6) is 0 Å². The first-order chi connectivity index (χ1) is 8.82. The Hall–Kier alpha value is -0.610. The van der Waals surface area contributed by atoms with Crippen molar-refractivity contribution < 1.29 is 0 Å². The Morgan fingerprint density at radius 1 is 1.16 bits per heavy atom. The summed E-state index contributed by atoms with van der Waals surface area (Å²) in [6.07, 6.45) is 0. The molecule has 4 heteroatoms. The molecule has 0 amide bonds. The first-order valence-electron chi connectivity index (χ1n) is 6.37. The molecule has 0 spiro atoms. The molecule has 2 aromatic rings. The summed E-state index contributed by atoms with van der Waals surface area (Å²) in [5, 5.41) is 4.52. The number of benzene rings is 1. The van der Waals surface area contributed by atoms with Gasteiger partial charge in [0.25, 0.3) is 0 Å². The van der Waals surface area contributed by atoms with Gasteiger partial charge in [0, 0.05) is 26.4 Å². The zero-order valence-electron chi connectivity index (χ0n) is 11.6. The summed E-state index contributed by atoms with van der Waals surface area (Å²) in [6, 6.07) is 6.37. The molecule has 0 aliphatic carbocycles. The molecule has 0 radical (unpaired) electrons. The Morgan fingerprint density at radius 3 is 2.42 bits per heavy atom. The lowest BCUT2D eigenvalue weighted by molar-refractivity contribution is 0.590. The van der Waals surface area contributed by atoms with Crippen molar-refractivity contribution in [1.29, 1.82) is 0 Å². The third-order valence-corrected chi connectivity index (χ3v) is 4.05. The second-order valence-electron chi connectivity index (χ2n) is 5.62. The average molecular weight is 386 g/mol. The number of nitrogens with zero attached hydrogens (tertiary/aromatic N) is 1. The normalized spacial score (nSPS) is 11.9. The second kappa shape index (κ2) is 5.41. The molecule has 0 aliphatic rings. The molecule has 2 nitrogen and oxygen atoms in total. The summed E-state index contributed by atoms with van der Waals surface area (Å²) in [4.78, 5) is 4.79. The maximum Gasteiger partial charge on any atom is 0.130 e. The highest BCUT2D eigenvalue weighted by Crippen LogP contribution is 2.34. The van der Waals surface area contributed by atoms with Gasteiger partial charge in [-0.1, -0.05) is 36.7 Å². The minimum absolute atomic E-state index is 0.0630. The summed E-state index contributed by atoms with van der Waals surface area (Å²) in [6.45, 7) is 9.60. The van der Waals surface area contributed by atoms with Gasteiger partial charge in [0.2, 0.25) is 0 Å². The maximum atomic E-state index is 4.79. The van der Waals surface area contributed by atoms with Crippen LogP contribution in [0.3, 0.4) is 0 Å². The van der Waals surface area contributed by atoms with Crippen LogP contribution in [-0.4, -0.2) is 11.5 Å². The van der Waals surface area contributed by atoms with E-state index in [2.05, 4.69) is 77.0 Å². The zero-order chi connectivity index (χ0) is 14.2. The van der Waals surface area contributed by atoms with Crippen LogP contribution in [0.1, 0.15) is 33.3 Å². The van der Waals surface area contributed by atoms with Gasteiger partial charge in [-0.15, -0.1) is 0 Å². The fraction of sp³-hybridized carbons (Fsp3) is 0.400. The minimum Gasteiger partial charge on any atom is -0.370 e. The summed E-state index contributed by atoms with van der Waals surface area (Å²) < 4.78 is 2.07. The van der Waals surface area contributed by atoms with Crippen LogP contribution in [0.2, 0.25) is 0 Å². The molecule has 0 atom stereocenters. The molecule has 0 unspecified atom stereocenters. The lowest BCUT2D eigenvalue weighted by Crippen LogP contribution is -2.16. The van der Waals surface area contributed by atoms with Crippen LogP contribution < -0.4 is 5.32 Å². The maximum absolute atomic E-state index is 4.79. The second-order valence-corrected chi connectivity index (χ2v) is 7.39. The van der Waals surface area contributed by atoms with Crippen molar-refractivity contribution in [3.8, 4) is 0 Å². The number of hydrogen-bond donors (Lipinski definition) is 1. The quantitative estimate of drug-likeness (QED) is 0.739. The molecule has 102 valence electrons. The number of nitrogens with one attached hydrogen (secondary N) is 1. The van der Waals surface area contributed by atoms with E-state index >= 15 is 0 Å². The molecular weight excluding hydrogens is 368 g/mol. The summed E-state index contributed by atoms with van der Waals surface area (Å²) >= 11 is 7.12. The van der Waals surface area contributed by atoms with E-state index in [9.17, 15) is 0 Å². The van der Waals surface area contributed by atoms with Crippen molar-refractivity contribution in [2.24, 2.45) is 0 Å². The van der Waals surface area contributed by atoms with Crippen LogP contribution >= 0.6 is 31.9 Å². The highest BCUT2D eigenvalue weighted by atomic mass is 79.9. The monoisotopic (exact) mass is 384 g/mol. The molecule has 1 N–H and O–H groups in total. The van der Waals surface area contributed by atoms with E-state index in [1.165, 1.54) is 5.56 Å². The highest BCUT2D eigenvalue weighted by molar-refractivity contribution is 9.11. The van der Waals surface area contributed by atoms with Crippen LogP contribution in [0, 0.1) is 0 Å². The van der Waals surface area contributed by atoms with Gasteiger partial charge < -0.3 is 5.32 Å².